The molecule has 4 heteroatoms. The first kappa shape index (κ1) is 11.7. The van der Waals surface area contributed by atoms with Crippen molar-refractivity contribution in [1.29, 1.82) is 0 Å². The van der Waals surface area contributed by atoms with Crippen molar-refractivity contribution in [3.63, 3.8) is 0 Å². The van der Waals surface area contributed by atoms with Crippen molar-refractivity contribution in [2.45, 2.75) is 38.6 Å². The number of hydrogen-bond acceptors (Lipinski definition) is 3. The molecule has 88 valence electrons. The quantitative estimate of drug-likeness (QED) is 0.871. The third-order valence-electron chi connectivity index (χ3n) is 3.09. The van der Waals surface area contributed by atoms with Gasteiger partial charge in [-0.05, 0) is 34.7 Å². The van der Waals surface area contributed by atoms with E-state index < -0.39 is 0 Å². The van der Waals surface area contributed by atoms with E-state index in [0.29, 0.717) is 11.7 Å². The van der Waals surface area contributed by atoms with Gasteiger partial charge in [0.05, 0.1) is 22.0 Å². The summed E-state index contributed by atoms with van der Waals surface area (Å²) in [5.41, 5.74) is 7.62. The molecule has 0 aromatic carbocycles. The van der Waals surface area contributed by atoms with Gasteiger partial charge in [0.25, 0.3) is 0 Å². The Labute approximate surface area is 105 Å². The van der Waals surface area contributed by atoms with Crippen molar-refractivity contribution in [1.82, 2.24) is 4.98 Å². The summed E-state index contributed by atoms with van der Waals surface area (Å²) in [5.74, 6) is 0.930. The van der Waals surface area contributed by atoms with Crippen LogP contribution in [0.2, 0.25) is 0 Å². The molecule has 3 nitrogen and oxygen atoms in total. The number of halogens is 1. The van der Waals surface area contributed by atoms with Gasteiger partial charge in [0.2, 0.25) is 0 Å². The molecular formula is C12H18BrN3. The average molecular weight is 284 g/mol. The van der Waals surface area contributed by atoms with Crippen LogP contribution >= 0.6 is 15.9 Å². The van der Waals surface area contributed by atoms with Gasteiger partial charge in [-0.2, -0.15) is 0 Å². The van der Waals surface area contributed by atoms with E-state index in [1.807, 2.05) is 0 Å². The largest absolute Gasteiger partial charge is 0.396 e. The van der Waals surface area contributed by atoms with Crippen LogP contribution in [0, 0.1) is 5.92 Å². The van der Waals surface area contributed by atoms with Crippen LogP contribution in [0.5, 0.6) is 0 Å². The standard InChI is InChI=1S/C12H18BrN3/c1-2-9(5-8-3-4-8)16-12-10(13)6-15-7-11(12)14/h6-9H,2-5,14H2,1H3,(H,15,16). The zero-order chi connectivity index (χ0) is 11.5. The Morgan fingerprint density at radius 2 is 2.31 bits per heavy atom. The first-order chi connectivity index (χ1) is 7.70. The van der Waals surface area contributed by atoms with Crippen molar-refractivity contribution < 1.29 is 0 Å². The second-order valence-electron chi connectivity index (χ2n) is 4.51. The minimum atomic E-state index is 0.522. The van der Waals surface area contributed by atoms with Crippen molar-refractivity contribution in [3.8, 4) is 0 Å². The van der Waals surface area contributed by atoms with Gasteiger partial charge in [0.1, 0.15) is 0 Å². The molecule has 0 bridgehead atoms. The Hall–Kier alpha value is -0.770. The van der Waals surface area contributed by atoms with Crippen LogP contribution in [0.15, 0.2) is 16.9 Å². The Balaban J connectivity index is 2.05. The highest BCUT2D eigenvalue weighted by Crippen LogP contribution is 2.36. The Morgan fingerprint density at radius 1 is 1.56 bits per heavy atom. The average Bonchev–Trinajstić information content (AvgIpc) is 3.06. The highest BCUT2D eigenvalue weighted by atomic mass is 79.9. The molecule has 1 atom stereocenters. The van der Waals surface area contributed by atoms with Gasteiger partial charge in [-0.1, -0.05) is 19.8 Å². The fraction of sp³-hybridized carbons (Fsp3) is 0.583. The smallest absolute Gasteiger partial charge is 0.0752 e. The maximum Gasteiger partial charge on any atom is 0.0752 e. The lowest BCUT2D eigenvalue weighted by atomic mass is 10.1. The van der Waals surface area contributed by atoms with E-state index in [1.54, 1.807) is 12.4 Å². The summed E-state index contributed by atoms with van der Waals surface area (Å²) in [5, 5.41) is 3.52. The monoisotopic (exact) mass is 283 g/mol. The van der Waals surface area contributed by atoms with Gasteiger partial charge in [0.15, 0.2) is 0 Å². The summed E-state index contributed by atoms with van der Waals surface area (Å²) in [6.45, 7) is 2.21. The van der Waals surface area contributed by atoms with Crippen LogP contribution in [-0.2, 0) is 0 Å². The number of pyridine rings is 1. The van der Waals surface area contributed by atoms with Crippen LogP contribution in [0.4, 0.5) is 11.4 Å². The van der Waals surface area contributed by atoms with E-state index in [1.165, 1.54) is 19.3 Å². The lowest BCUT2D eigenvalue weighted by molar-refractivity contribution is 0.587. The van der Waals surface area contributed by atoms with Gasteiger partial charge >= 0.3 is 0 Å². The minimum Gasteiger partial charge on any atom is -0.396 e. The summed E-state index contributed by atoms with van der Waals surface area (Å²) >= 11 is 3.48. The number of rotatable bonds is 5. The molecule has 2 rings (SSSR count). The second-order valence-corrected chi connectivity index (χ2v) is 5.37. The van der Waals surface area contributed by atoms with Gasteiger partial charge in [-0.25, -0.2) is 0 Å². The zero-order valence-corrected chi connectivity index (χ0v) is 11.1. The first-order valence-electron chi connectivity index (χ1n) is 5.86. The van der Waals surface area contributed by atoms with Crippen LogP contribution < -0.4 is 11.1 Å². The highest BCUT2D eigenvalue weighted by Gasteiger charge is 2.25. The number of nitrogens with one attached hydrogen (secondary N) is 1. The number of nitrogens with two attached hydrogens (primary N) is 1. The SMILES string of the molecule is CCC(CC1CC1)Nc1c(N)cncc1Br. The molecule has 0 saturated heterocycles. The molecule has 1 aliphatic carbocycles. The Bertz CT molecular complexity index is 343. The molecule has 1 aromatic rings. The van der Waals surface area contributed by atoms with E-state index >= 15 is 0 Å². The second kappa shape index (κ2) is 5.04. The molecule has 3 N–H and O–H groups in total. The van der Waals surface area contributed by atoms with Crippen molar-refractivity contribution in [2.24, 2.45) is 5.92 Å². The van der Waals surface area contributed by atoms with Gasteiger partial charge in [-0.3, -0.25) is 4.98 Å². The number of aromatic nitrogens is 1. The fourth-order valence-corrected chi connectivity index (χ4v) is 2.35. The normalized spacial score (nSPS) is 17.1. The molecule has 0 aliphatic heterocycles. The van der Waals surface area contributed by atoms with Crippen LogP contribution in [0.1, 0.15) is 32.6 Å². The van der Waals surface area contributed by atoms with Crippen molar-refractivity contribution >= 4 is 27.3 Å². The summed E-state index contributed by atoms with van der Waals surface area (Å²) in [4.78, 5) is 4.04. The molecule has 1 heterocycles. The molecule has 0 spiro atoms. The van der Waals surface area contributed by atoms with E-state index in [2.05, 4.69) is 33.2 Å². The first-order valence-corrected chi connectivity index (χ1v) is 6.65. The minimum absolute atomic E-state index is 0.522. The summed E-state index contributed by atoms with van der Waals surface area (Å²) in [7, 11) is 0. The molecule has 1 unspecified atom stereocenters. The van der Waals surface area contributed by atoms with Crippen molar-refractivity contribution in [2.75, 3.05) is 11.1 Å². The summed E-state index contributed by atoms with van der Waals surface area (Å²) in [6.07, 6.45) is 8.64. The molecule has 1 fully saturated rings. The molecule has 0 radical (unpaired) electrons. The van der Waals surface area contributed by atoms with Gasteiger partial charge in [-0.15, -0.1) is 0 Å². The maximum absolute atomic E-state index is 5.92. The third kappa shape index (κ3) is 2.88. The molecule has 1 saturated carbocycles. The molecule has 0 amide bonds. The number of hydrogen-bond donors (Lipinski definition) is 2. The Kier molecular flexibility index (Phi) is 3.69. The van der Waals surface area contributed by atoms with Crippen LogP contribution in [0.25, 0.3) is 0 Å². The zero-order valence-electron chi connectivity index (χ0n) is 9.54. The molecule has 16 heavy (non-hydrogen) atoms. The predicted molar refractivity (Wildman–Crippen MR) is 71.4 cm³/mol. The van der Waals surface area contributed by atoms with Crippen LogP contribution in [-0.4, -0.2) is 11.0 Å². The molecule has 1 aliphatic rings. The number of nitrogen functional groups attached to an aromatic ring is 1. The van der Waals surface area contributed by atoms with Crippen LogP contribution in [0.3, 0.4) is 0 Å². The summed E-state index contributed by atoms with van der Waals surface area (Å²) in [6, 6.07) is 0.522. The maximum atomic E-state index is 5.92. The van der Waals surface area contributed by atoms with E-state index in [0.717, 1.165) is 22.5 Å². The fourth-order valence-electron chi connectivity index (χ4n) is 1.89. The van der Waals surface area contributed by atoms with Gasteiger partial charge in [0, 0.05) is 12.2 Å². The third-order valence-corrected chi connectivity index (χ3v) is 3.69. The Morgan fingerprint density at radius 3 is 2.88 bits per heavy atom. The highest BCUT2D eigenvalue weighted by molar-refractivity contribution is 9.10. The number of nitrogens with zero attached hydrogens (tertiary/aromatic N) is 1. The predicted octanol–water partition coefficient (Wildman–Crippen LogP) is 3.42. The van der Waals surface area contributed by atoms with E-state index in [4.69, 9.17) is 5.73 Å². The summed E-state index contributed by atoms with van der Waals surface area (Å²) < 4.78 is 0.946. The van der Waals surface area contributed by atoms with Crippen molar-refractivity contribution in [3.05, 3.63) is 16.9 Å². The van der Waals surface area contributed by atoms with E-state index in [-0.39, 0.29) is 0 Å². The number of anilines is 2. The lowest BCUT2D eigenvalue weighted by Gasteiger charge is -2.20. The molecular weight excluding hydrogens is 266 g/mol. The molecule has 1 aromatic heterocycles. The van der Waals surface area contributed by atoms with Gasteiger partial charge < -0.3 is 11.1 Å². The topological polar surface area (TPSA) is 50.9 Å². The lowest BCUT2D eigenvalue weighted by Crippen LogP contribution is -2.20. The van der Waals surface area contributed by atoms with E-state index in [9.17, 15) is 0 Å².